The Balaban J connectivity index is 2.02. The zero-order chi connectivity index (χ0) is 12.8. The van der Waals surface area contributed by atoms with Gasteiger partial charge in [-0.2, -0.15) is 0 Å². The molecule has 0 aromatic carbocycles. The zero-order valence-electron chi connectivity index (χ0n) is 10.9. The number of anilines is 1. The van der Waals surface area contributed by atoms with Crippen LogP contribution in [0, 0.1) is 0 Å². The van der Waals surface area contributed by atoms with E-state index < -0.39 is 0 Å². The van der Waals surface area contributed by atoms with Crippen LogP contribution in [0.3, 0.4) is 0 Å². The van der Waals surface area contributed by atoms with Crippen LogP contribution in [-0.2, 0) is 6.54 Å². The minimum Gasteiger partial charge on any atom is -0.407 e. The van der Waals surface area contributed by atoms with E-state index in [1.54, 1.807) is 0 Å². The fraction of sp³-hybridized carbons (Fsp3) is 0.833. The Morgan fingerprint density at radius 1 is 1.39 bits per heavy atom. The minimum atomic E-state index is 0.113. The third-order valence-electron chi connectivity index (χ3n) is 3.33. The quantitative estimate of drug-likeness (QED) is 0.753. The smallest absolute Gasteiger partial charge is 0.318 e. The molecule has 1 fully saturated rings. The summed E-state index contributed by atoms with van der Waals surface area (Å²) in [4.78, 5) is 2.05. The lowest BCUT2D eigenvalue weighted by Gasteiger charge is -2.25. The van der Waals surface area contributed by atoms with Gasteiger partial charge in [0.1, 0.15) is 0 Å². The second-order valence-electron chi connectivity index (χ2n) is 4.61. The topological polar surface area (TPSA) is 74.4 Å². The monoisotopic (exact) mass is 254 g/mol. The van der Waals surface area contributed by atoms with E-state index in [4.69, 9.17) is 9.52 Å². The maximum Gasteiger partial charge on any atom is 0.318 e. The second kappa shape index (κ2) is 6.70. The van der Waals surface area contributed by atoms with Crippen LogP contribution in [0.5, 0.6) is 0 Å². The number of hydrogen-bond acceptors (Lipinski definition) is 6. The average molecular weight is 254 g/mol. The number of aliphatic hydroxyl groups excluding tert-OH is 1. The normalized spacial score (nSPS) is 16.3. The van der Waals surface area contributed by atoms with E-state index >= 15 is 0 Å². The Labute approximate surface area is 107 Å². The van der Waals surface area contributed by atoms with Gasteiger partial charge in [-0.05, 0) is 19.4 Å². The van der Waals surface area contributed by atoms with Crippen molar-refractivity contribution >= 4 is 6.01 Å². The Hall–Kier alpha value is -1.14. The maximum absolute atomic E-state index is 9.16. The molecule has 1 saturated carbocycles. The van der Waals surface area contributed by atoms with Gasteiger partial charge in [-0.25, -0.2) is 0 Å². The van der Waals surface area contributed by atoms with E-state index in [0.29, 0.717) is 31.0 Å². The minimum absolute atomic E-state index is 0.113. The van der Waals surface area contributed by atoms with Gasteiger partial charge in [0.15, 0.2) is 0 Å². The van der Waals surface area contributed by atoms with Crippen molar-refractivity contribution in [1.29, 1.82) is 0 Å². The fourth-order valence-corrected chi connectivity index (χ4v) is 2.42. The van der Waals surface area contributed by atoms with Crippen LogP contribution >= 0.6 is 0 Å². The van der Waals surface area contributed by atoms with Crippen molar-refractivity contribution in [2.75, 3.05) is 24.6 Å². The summed E-state index contributed by atoms with van der Waals surface area (Å²) in [5.41, 5.74) is 0. The molecule has 1 heterocycles. The van der Waals surface area contributed by atoms with E-state index in [1.165, 1.54) is 12.8 Å². The Kier molecular flexibility index (Phi) is 4.95. The number of nitrogens with zero attached hydrogens (tertiary/aromatic N) is 3. The highest BCUT2D eigenvalue weighted by molar-refractivity contribution is 5.27. The summed E-state index contributed by atoms with van der Waals surface area (Å²) in [5.74, 6) is 0.604. The molecule has 102 valence electrons. The molecule has 1 aromatic rings. The molecule has 6 nitrogen and oxygen atoms in total. The number of rotatable bonds is 7. The molecule has 0 unspecified atom stereocenters. The summed E-state index contributed by atoms with van der Waals surface area (Å²) in [7, 11) is 0. The largest absolute Gasteiger partial charge is 0.407 e. The first kappa shape index (κ1) is 13.3. The predicted octanol–water partition coefficient (Wildman–Crippen LogP) is 0.920. The molecule has 18 heavy (non-hydrogen) atoms. The van der Waals surface area contributed by atoms with Crippen molar-refractivity contribution in [3.63, 3.8) is 0 Å². The van der Waals surface area contributed by atoms with Crippen molar-refractivity contribution in [3.05, 3.63) is 5.89 Å². The summed E-state index contributed by atoms with van der Waals surface area (Å²) >= 11 is 0. The van der Waals surface area contributed by atoms with Crippen LogP contribution in [0.25, 0.3) is 0 Å². The van der Waals surface area contributed by atoms with Crippen LogP contribution < -0.4 is 10.2 Å². The first-order valence-electron chi connectivity index (χ1n) is 6.75. The summed E-state index contributed by atoms with van der Waals surface area (Å²) in [5, 5.41) is 20.4. The standard InChI is InChI=1S/C12H22N4O2/c1-2-13-9-11-14-15-12(18-11)16(7-8-17)10-5-3-4-6-10/h10,13,17H,2-9H2,1H3. The van der Waals surface area contributed by atoms with Crippen LogP contribution in [0.15, 0.2) is 4.42 Å². The van der Waals surface area contributed by atoms with Gasteiger partial charge in [0, 0.05) is 12.6 Å². The maximum atomic E-state index is 9.16. The third-order valence-corrected chi connectivity index (χ3v) is 3.33. The average Bonchev–Trinajstić information content (AvgIpc) is 3.05. The predicted molar refractivity (Wildman–Crippen MR) is 68.4 cm³/mol. The van der Waals surface area contributed by atoms with Gasteiger partial charge in [-0.1, -0.05) is 24.9 Å². The van der Waals surface area contributed by atoms with E-state index in [-0.39, 0.29) is 6.61 Å². The molecule has 0 atom stereocenters. The number of aromatic nitrogens is 2. The Bertz CT molecular complexity index is 350. The number of hydrogen-bond donors (Lipinski definition) is 2. The van der Waals surface area contributed by atoms with Crippen LogP contribution in [-0.4, -0.2) is 41.0 Å². The number of nitrogens with one attached hydrogen (secondary N) is 1. The van der Waals surface area contributed by atoms with Gasteiger partial charge in [-0.15, -0.1) is 5.10 Å². The van der Waals surface area contributed by atoms with Gasteiger partial charge in [0.25, 0.3) is 0 Å². The van der Waals surface area contributed by atoms with Crippen molar-refractivity contribution in [3.8, 4) is 0 Å². The molecule has 0 amide bonds. The van der Waals surface area contributed by atoms with Crippen molar-refractivity contribution in [1.82, 2.24) is 15.5 Å². The SMILES string of the molecule is CCNCc1nnc(N(CCO)C2CCCC2)o1. The van der Waals surface area contributed by atoms with Gasteiger partial charge < -0.3 is 19.7 Å². The summed E-state index contributed by atoms with van der Waals surface area (Å²) in [6.07, 6.45) is 4.77. The molecule has 0 spiro atoms. The van der Waals surface area contributed by atoms with Crippen molar-refractivity contribution in [2.24, 2.45) is 0 Å². The van der Waals surface area contributed by atoms with Gasteiger partial charge >= 0.3 is 6.01 Å². The molecule has 0 saturated heterocycles. The lowest BCUT2D eigenvalue weighted by Crippen LogP contribution is -2.35. The van der Waals surface area contributed by atoms with Crippen LogP contribution in [0.1, 0.15) is 38.5 Å². The first-order valence-corrected chi connectivity index (χ1v) is 6.75. The zero-order valence-corrected chi connectivity index (χ0v) is 10.9. The summed E-state index contributed by atoms with van der Waals surface area (Å²) in [6.45, 7) is 4.19. The highest BCUT2D eigenvalue weighted by Gasteiger charge is 2.26. The van der Waals surface area contributed by atoms with Gasteiger partial charge in [-0.3, -0.25) is 0 Å². The fourth-order valence-electron chi connectivity index (χ4n) is 2.42. The van der Waals surface area contributed by atoms with E-state index in [0.717, 1.165) is 19.4 Å². The second-order valence-corrected chi connectivity index (χ2v) is 4.61. The molecular weight excluding hydrogens is 232 g/mol. The molecule has 2 rings (SSSR count). The van der Waals surface area contributed by atoms with Crippen LogP contribution in [0.2, 0.25) is 0 Å². The highest BCUT2D eigenvalue weighted by Crippen LogP contribution is 2.27. The lowest BCUT2D eigenvalue weighted by atomic mass is 10.2. The highest BCUT2D eigenvalue weighted by atomic mass is 16.4. The molecule has 1 aliphatic carbocycles. The van der Waals surface area contributed by atoms with Crippen LogP contribution in [0.4, 0.5) is 6.01 Å². The van der Waals surface area contributed by atoms with E-state index in [9.17, 15) is 0 Å². The number of aliphatic hydroxyl groups is 1. The van der Waals surface area contributed by atoms with Gasteiger partial charge in [0.2, 0.25) is 5.89 Å². The molecule has 1 aromatic heterocycles. The molecule has 1 aliphatic rings. The van der Waals surface area contributed by atoms with Crippen molar-refractivity contribution < 1.29 is 9.52 Å². The molecule has 0 radical (unpaired) electrons. The molecule has 0 bridgehead atoms. The molecule has 0 aliphatic heterocycles. The van der Waals surface area contributed by atoms with Gasteiger partial charge in [0.05, 0.1) is 13.2 Å². The molecule has 2 N–H and O–H groups in total. The Morgan fingerprint density at radius 2 is 2.17 bits per heavy atom. The third kappa shape index (κ3) is 3.20. The summed E-state index contributed by atoms with van der Waals surface area (Å²) in [6, 6.07) is 0.980. The molecular formula is C12H22N4O2. The molecule has 6 heteroatoms. The Morgan fingerprint density at radius 3 is 2.83 bits per heavy atom. The first-order chi connectivity index (χ1) is 8.85. The van der Waals surface area contributed by atoms with E-state index in [1.807, 2.05) is 6.92 Å². The van der Waals surface area contributed by atoms with E-state index in [2.05, 4.69) is 20.4 Å². The summed E-state index contributed by atoms with van der Waals surface area (Å²) < 4.78 is 5.64. The lowest BCUT2D eigenvalue weighted by molar-refractivity contribution is 0.292. The van der Waals surface area contributed by atoms with Crippen molar-refractivity contribution in [2.45, 2.75) is 45.2 Å².